The van der Waals surface area contributed by atoms with E-state index in [0.29, 0.717) is 13.0 Å². The van der Waals surface area contributed by atoms with Crippen molar-refractivity contribution in [1.29, 1.82) is 0 Å². The Bertz CT molecular complexity index is 151. The molecule has 1 aliphatic rings. The molecule has 0 spiro atoms. The van der Waals surface area contributed by atoms with E-state index >= 15 is 0 Å². The van der Waals surface area contributed by atoms with Gasteiger partial charge >= 0.3 is 0 Å². The molecule has 13 heavy (non-hydrogen) atoms. The SMILES string of the molecule is CCOC1(CC=O)CCCNCC1. The number of aldehydes is 1. The number of carbonyl (C=O) groups is 1. The molecule has 3 nitrogen and oxygen atoms in total. The fourth-order valence-electron chi connectivity index (χ4n) is 1.97. The van der Waals surface area contributed by atoms with Crippen molar-refractivity contribution in [2.24, 2.45) is 0 Å². The van der Waals surface area contributed by atoms with Gasteiger partial charge in [-0.1, -0.05) is 0 Å². The summed E-state index contributed by atoms with van der Waals surface area (Å²) in [6.07, 6.45) is 4.60. The lowest BCUT2D eigenvalue weighted by atomic mass is 9.91. The van der Waals surface area contributed by atoms with Gasteiger partial charge in [-0.25, -0.2) is 0 Å². The van der Waals surface area contributed by atoms with E-state index in [9.17, 15) is 4.79 Å². The lowest BCUT2D eigenvalue weighted by Gasteiger charge is -2.30. The molecule has 76 valence electrons. The average molecular weight is 185 g/mol. The van der Waals surface area contributed by atoms with Gasteiger partial charge in [-0.3, -0.25) is 0 Å². The van der Waals surface area contributed by atoms with Crippen LogP contribution in [0.1, 0.15) is 32.6 Å². The molecule has 0 aromatic carbocycles. The molecule has 1 fully saturated rings. The number of hydrogen-bond acceptors (Lipinski definition) is 3. The van der Waals surface area contributed by atoms with E-state index in [2.05, 4.69) is 5.32 Å². The smallest absolute Gasteiger partial charge is 0.122 e. The molecule has 1 rings (SSSR count). The molecule has 1 atom stereocenters. The minimum absolute atomic E-state index is 0.167. The second kappa shape index (κ2) is 5.35. The first-order valence-electron chi connectivity index (χ1n) is 5.11. The topological polar surface area (TPSA) is 38.3 Å². The highest BCUT2D eigenvalue weighted by atomic mass is 16.5. The van der Waals surface area contributed by atoms with Gasteiger partial charge in [0.1, 0.15) is 6.29 Å². The Hall–Kier alpha value is -0.410. The fraction of sp³-hybridized carbons (Fsp3) is 0.900. The first-order valence-corrected chi connectivity index (χ1v) is 5.11. The van der Waals surface area contributed by atoms with Crippen LogP contribution in [0.25, 0.3) is 0 Å². The lowest BCUT2D eigenvalue weighted by Crippen LogP contribution is -2.34. The van der Waals surface area contributed by atoms with Crippen LogP contribution in [0.3, 0.4) is 0 Å². The number of carbonyl (C=O) groups excluding carboxylic acids is 1. The molecule has 1 aliphatic heterocycles. The van der Waals surface area contributed by atoms with E-state index < -0.39 is 0 Å². The summed E-state index contributed by atoms with van der Waals surface area (Å²) in [6.45, 7) is 4.71. The van der Waals surface area contributed by atoms with Crippen LogP contribution >= 0.6 is 0 Å². The van der Waals surface area contributed by atoms with Crippen LogP contribution in [0, 0.1) is 0 Å². The highest BCUT2D eigenvalue weighted by molar-refractivity contribution is 5.51. The van der Waals surface area contributed by atoms with Crippen LogP contribution in [0.4, 0.5) is 0 Å². The molecule has 3 heteroatoms. The van der Waals surface area contributed by atoms with Gasteiger partial charge in [-0.2, -0.15) is 0 Å². The van der Waals surface area contributed by atoms with Crippen molar-refractivity contribution in [3.63, 3.8) is 0 Å². The van der Waals surface area contributed by atoms with Crippen LogP contribution in [0.2, 0.25) is 0 Å². The third-order valence-electron chi connectivity index (χ3n) is 2.65. The molecule has 1 heterocycles. The predicted octanol–water partition coefficient (Wildman–Crippen LogP) is 1.12. The van der Waals surface area contributed by atoms with E-state index in [0.717, 1.165) is 38.6 Å². The standard InChI is InChI=1S/C10H19NO2/c1-2-13-10(6-9-12)4-3-7-11-8-5-10/h9,11H,2-8H2,1H3. The summed E-state index contributed by atoms with van der Waals surface area (Å²) in [4.78, 5) is 10.6. The summed E-state index contributed by atoms with van der Waals surface area (Å²) in [6, 6.07) is 0. The molecular weight excluding hydrogens is 166 g/mol. The summed E-state index contributed by atoms with van der Waals surface area (Å²) in [5.74, 6) is 0. The molecule has 0 bridgehead atoms. The third kappa shape index (κ3) is 3.08. The summed E-state index contributed by atoms with van der Waals surface area (Å²) in [7, 11) is 0. The van der Waals surface area contributed by atoms with E-state index in [1.807, 2.05) is 6.92 Å². The van der Waals surface area contributed by atoms with Gasteiger partial charge in [-0.05, 0) is 39.3 Å². The highest BCUT2D eigenvalue weighted by Gasteiger charge is 2.30. The van der Waals surface area contributed by atoms with Crippen molar-refractivity contribution in [1.82, 2.24) is 5.32 Å². The van der Waals surface area contributed by atoms with Crippen molar-refractivity contribution in [2.75, 3.05) is 19.7 Å². The second-order valence-corrected chi connectivity index (χ2v) is 3.59. The Morgan fingerprint density at radius 2 is 2.31 bits per heavy atom. The van der Waals surface area contributed by atoms with E-state index in [4.69, 9.17) is 4.74 Å². The predicted molar refractivity (Wildman–Crippen MR) is 51.8 cm³/mol. The minimum Gasteiger partial charge on any atom is -0.375 e. The molecular formula is C10H19NO2. The molecule has 0 saturated carbocycles. The van der Waals surface area contributed by atoms with Gasteiger partial charge in [0.05, 0.1) is 5.60 Å². The van der Waals surface area contributed by atoms with Gasteiger partial charge in [0, 0.05) is 13.0 Å². The zero-order valence-electron chi connectivity index (χ0n) is 8.34. The molecule has 0 aromatic rings. The maximum absolute atomic E-state index is 10.6. The molecule has 0 amide bonds. The van der Waals surface area contributed by atoms with Crippen LogP contribution in [-0.4, -0.2) is 31.6 Å². The Labute approximate surface area is 79.8 Å². The Balaban J connectivity index is 2.55. The Morgan fingerprint density at radius 1 is 1.46 bits per heavy atom. The monoisotopic (exact) mass is 185 g/mol. The minimum atomic E-state index is -0.167. The summed E-state index contributed by atoms with van der Waals surface area (Å²) in [5, 5.41) is 3.32. The van der Waals surface area contributed by atoms with Gasteiger partial charge in [0.2, 0.25) is 0 Å². The van der Waals surface area contributed by atoms with Gasteiger partial charge < -0.3 is 14.8 Å². The summed E-state index contributed by atoms with van der Waals surface area (Å²) in [5.41, 5.74) is -0.167. The van der Waals surface area contributed by atoms with Gasteiger partial charge in [0.15, 0.2) is 0 Å². The number of nitrogens with one attached hydrogen (secondary N) is 1. The second-order valence-electron chi connectivity index (χ2n) is 3.59. The number of ether oxygens (including phenoxy) is 1. The molecule has 0 aliphatic carbocycles. The molecule has 0 radical (unpaired) electrons. The van der Waals surface area contributed by atoms with Crippen molar-refractivity contribution in [2.45, 2.75) is 38.2 Å². The fourth-order valence-corrected chi connectivity index (χ4v) is 1.97. The maximum atomic E-state index is 10.6. The van der Waals surface area contributed by atoms with Crippen LogP contribution in [0.15, 0.2) is 0 Å². The zero-order valence-corrected chi connectivity index (χ0v) is 8.34. The van der Waals surface area contributed by atoms with Crippen LogP contribution in [0.5, 0.6) is 0 Å². The van der Waals surface area contributed by atoms with Crippen molar-refractivity contribution < 1.29 is 9.53 Å². The van der Waals surface area contributed by atoms with Crippen LogP contribution < -0.4 is 5.32 Å². The zero-order chi connectivity index (χ0) is 9.57. The first-order chi connectivity index (χ1) is 6.33. The maximum Gasteiger partial charge on any atom is 0.122 e. The average Bonchev–Trinajstić information content (AvgIpc) is 2.32. The van der Waals surface area contributed by atoms with Gasteiger partial charge in [-0.15, -0.1) is 0 Å². The first kappa shape index (κ1) is 10.7. The van der Waals surface area contributed by atoms with E-state index in [1.54, 1.807) is 0 Å². The number of rotatable bonds is 4. The largest absolute Gasteiger partial charge is 0.375 e. The van der Waals surface area contributed by atoms with E-state index in [-0.39, 0.29) is 5.60 Å². The molecule has 1 unspecified atom stereocenters. The highest BCUT2D eigenvalue weighted by Crippen LogP contribution is 2.26. The molecule has 1 N–H and O–H groups in total. The van der Waals surface area contributed by atoms with Crippen molar-refractivity contribution in [3.8, 4) is 0 Å². The summed E-state index contributed by atoms with van der Waals surface area (Å²) < 4.78 is 5.72. The van der Waals surface area contributed by atoms with E-state index in [1.165, 1.54) is 0 Å². The third-order valence-corrected chi connectivity index (χ3v) is 2.65. The van der Waals surface area contributed by atoms with Gasteiger partial charge in [0.25, 0.3) is 0 Å². The quantitative estimate of drug-likeness (QED) is 0.667. The lowest BCUT2D eigenvalue weighted by molar-refractivity contribution is -0.116. The Kier molecular flexibility index (Phi) is 4.39. The van der Waals surface area contributed by atoms with Crippen molar-refractivity contribution >= 4 is 6.29 Å². The van der Waals surface area contributed by atoms with Crippen molar-refractivity contribution in [3.05, 3.63) is 0 Å². The molecule has 1 saturated heterocycles. The summed E-state index contributed by atoms with van der Waals surface area (Å²) >= 11 is 0. The molecule has 0 aromatic heterocycles. The number of hydrogen-bond donors (Lipinski definition) is 1. The Morgan fingerprint density at radius 3 is 3.00 bits per heavy atom. The normalized spacial score (nSPS) is 29.6. The van der Waals surface area contributed by atoms with Crippen LogP contribution in [-0.2, 0) is 9.53 Å².